The van der Waals surface area contributed by atoms with E-state index in [1.54, 1.807) is 0 Å². The third-order valence-electron chi connectivity index (χ3n) is 0. The molecular weight excluding hydrogens is 390 g/mol. The van der Waals surface area contributed by atoms with E-state index in [4.69, 9.17) is 0 Å². The van der Waals surface area contributed by atoms with Crippen LogP contribution in [-0.4, -0.2) is 41.0 Å². The molecule has 0 aliphatic carbocycles. The molecule has 0 unspecified atom stereocenters. The van der Waals surface area contributed by atoms with Gasteiger partial charge in [0.15, 0.2) is 0 Å². The van der Waals surface area contributed by atoms with Crippen LogP contribution in [0.3, 0.4) is 0 Å². The van der Waals surface area contributed by atoms with Gasteiger partial charge in [-0.1, -0.05) is 0 Å². The van der Waals surface area contributed by atoms with Crippen LogP contribution in [0.15, 0.2) is 0 Å². The maximum atomic E-state index is 0. The molecule has 0 fully saturated rings. The molecule has 0 bridgehead atoms. The fourth-order valence-corrected chi connectivity index (χ4v) is 0. The van der Waals surface area contributed by atoms with Gasteiger partial charge in [-0.2, -0.15) is 0 Å². The van der Waals surface area contributed by atoms with Gasteiger partial charge in [0.25, 0.3) is 0 Å². The SMILES string of the molecule is [Cu].[Cu].[SeH2].[SnH2].[Zn]. The molecule has 0 nitrogen and oxygen atoms in total. The molecule has 0 amide bonds. The molecule has 0 aliphatic heterocycles. The molecule has 0 aromatic rings. The maximum Gasteiger partial charge on any atom is 0 e. The number of hydrogen-bond acceptors (Lipinski definition) is 0. The molecule has 0 atom stereocenters. The topological polar surface area (TPSA) is 0 Å². The van der Waals surface area contributed by atoms with Crippen LogP contribution < -0.4 is 0 Å². The average Bonchev–Trinajstić information content (AvgIpc) is 0. The number of hydrogen-bond donors (Lipinski definition) is 0. The Balaban J connectivity index is 0. The zero-order chi connectivity index (χ0) is 0. The van der Waals surface area contributed by atoms with Gasteiger partial charge in [0.05, 0.1) is 0 Å². The first-order chi connectivity index (χ1) is 0. The zero-order valence-corrected chi connectivity index (χ0v) is 13.5. The third-order valence-corrected chi connectivity index (χ3v) is 0. The van der Waals surface area contributed by atoms with Gasteiger partial charge in [-0.25, -0.2) is 0 Å². The Morgan fingerprint density at radius 3 is 0.800 bits per heavy atom. The Morgan fingerprint density at radius 2 is 0.800 bits per heavy atom. The summed E-state index contributed by atoms with van der Waals surface area (Å²) in [7, 11) is 0. The third kappa shape index (κ3) is 19.5. The van der Waals surface area contributed by atoms with Crippen LogP contribution in [-0.2, 0) is 53.6 Å². The first kappa shape index (κ1) is 43.8. The monoisotopic (exact) mass is 394 g/mol. The van der Waals surface area contributed by atoms with Crippen molar-refractivity contribution in [2.45, 2.75) is 0 Å². The summed E-state index contributed by atoms with van der Waals surface area (Å²) in [5.74, 6) is 0. The van der Waals surface area contributed by atoms with Crippen LogP contribution >= 0.6 is 0 Å². The quantitative estimate of drug-likeness (QED) is 0.424. The second-order valence-corrected chi connectivity index (χ2v) is 0. The fraction of sp³-hybridized carbons (Fsp3) is 0. The molecule has 5 heteroatoms. The van der Waals surface area contributed by atoms with Gasteiger partial charge in [0.1, 0.15) is 0 Å². The minimum Gasteiger partial charge on any atom is 0 e. The van der Waals surface area contributed by atoms with E-state index in [2.05, 4.69) is 0 Å². The van der Waals surface area contributed by atoms with Crippen LogP contribution in [0.5, 0.6) is 0 Å². The van der Waals surface area contributed by atoms with E-state index in [-0.39, 0.29) is 94.6 Å². The Bertz CT molecular complexity index is 9.61. The van der Waals surface area contributed by atoms with E-state index in [9.17, 15) is 0 Å². The predicted molar refractivity (Wildman–Crippen MR) is 17.1 cm³/mol. The van der Waals surface area contributed by atoms with E-state index in [1.165, 1.54) is 0 Å². The van der Waals surface area contributed by atoms with Gasteiger partial charge in [0.2, 0.25) is 0 Å². The van der Waals surface area contributed by atoms with E-state index >= 15 is 0 Å². The summed E-state index contributed by atoms with van der Waals surface area (Å²) >= 11 is 0. The van der Waals surface area contributed by atoms with Crippen LogP contribution in [0.25, 0.3) is 0 Å². The van der Waals surface area contributed by atoms with Crippen molar-refractivity contribution in [2.24, 2.45) is 0 Å². The summed E-state index contributed by atoms with van der Waals surface area (Å²) in [4.78, 5) is 0. The molecule has 0 N–H and O–H groups in total. The molecule has 0 aliphatic rings. The van der Waals surface area contributed by atoms with Crippen molar-refractivity contribution >= 4 is 41.0 Å². The van der Waals surface area contributed by atoms with Gasteiger partial charge in [-0.3, -0.25) is 0 Å². The molecule has 0 saturated heterocycles. The molecule has 5 heavy (non-hydrogen) atoms. The maximum absolute atomic E-state index is 0. The van der Waals surface area contributed by atoms with Crippen molar-refractivity contribution < 1.29 is 53.6 Å². The average molecular weight is 394 g/mol. The van der Waals surface area contributed by atoms with Gasteiger partial charge in [0, 0.05) is 53.6 Å². The molecule has 0 aromatic heterocycles. The smallest absolute Gasteiger partial charge is 0 e. The molecule has 0 heterocycles. The zero-order valence-electron chi connectivity index (χ0n) is 2.52. The van der Waals surface area contributed by atoms with E-state index < -0.39 is 0 Å². The summed E-state index contributed by atoms with van der Waals surface area (Å²) < 4.78 is 0. The van der Waals surface area contributed by atoms with E-state index in [0.29, 0.717) is 0 Å². The van der Waals surface area contributed by atoms with Crippen LogP contribution in [0.1, 0.15) is 0 Å². The second kappa shape index (κ2) is 28.1. The van der Waals surface area contributed by atoms with E-state index in [1.807, 2.05) is 0 Å². The van der Waals surface area contributed by atoms with Crippen LogP contribution in [0.4, 0.5) is 0 Å². The Kier molecular flexibility index (Phi) is 246. The molecule has 0 spiro atoms. The van der Waals surface area contributed by atoms with Crippen molar-refractivity contribution in [3.63, 3.8) is 0 Å². The summed E-state index contributed by atoms with van der Waals surface area (Å²) in [5.41, 5.74) is 0. The molecule has 38 valence electrons. The fourth-order valence-electron chi connectivity index (χ4n) is 0. The van der Waals surface area contributed by atoms with Crippen molar-refractivity contribution in [2.75, 3.05) is 0 Å². The van der Waals surface area contributed by atoms with Gasteiger partial charge in [-0.15, -0.1) is 0 Å². The second-order valence-electron chi connectivity index (χ2n) is 0. The van der Waals surface area contributed by atoms with Crippen molar-refractivity contribution in [1.29, 1.82) is 0 Å². The van der Waals surface area contributed by atoms with Crippen molar-refractivity contribution in [1.82, 2.24) is 0 Å². The van der Waals surface area contributed by atoms with Gasteiger partial charge >= 0.3 is 41.0 Å². The summed E-state index contributed by atoms with van der Waals surface area (Å²) in [5, 5.41) is 0. The Morgan fingerprint density at radius 1 is 0.800 bits per heavy atom. The first-order valence-corrected chi connectivity index (χ1v) is 0. The number of rotatable bonds is 0. The van der Waals surface area contributed by atoms with Gasteiger partial charge in [-0.05, 0) is 0 Å². The van der Waals surface area contributed by atoms with Crippen LogP contribution in [0.2, 0.25) is 0 Å². The Hall–Kier alpha value is 2.98. The largest absolute Gasteiger partial charge is 0 e. The summed E-state index contributed by atoms with van der Waals surface area (Å²) in [6.07, 6.45) is 0. The minimum atomic E-state index is 0. The molecule has 0 rings (SSSR count). The summed E-state index contributed by atoms with van der Waals surface area (Å²) in [6.45, 7) is 0. The van der Waals surface area contributed by atoms with E-state index in [0.717, 1.165) is 0 Å². The van der Waals surface area contributed by atoms with Crippen molar-refractivity contribution in [3.8, 4) is 0 Å². The van der Waals surface area contributed by atoms with Gasteiger partial charge < -0.3 is 0 Å². The molecule has 0 saturated carbocycles. The summed E-state index contributed by atoms with van der Waals surface area (Å²) in [6, 6.07) is 0. The molecule has 0 aromatic carbocycles. The predicted octanol–water partition coefficient (Wildman–Crippen LogP) is -1.84. The normalized spacial score (nSPS) is 0. The molecular formula is H4Cu2SeSnZn. The standard InChI is InChI=1S/2Cu.H2Se.Sn.Zn.2H/h;;1H2;;;;. The van der Waals surface area contributed by atoms with Crippen LogP contribution in [0, 0.1) is 0 Å². The molecule has 4 radical (unpaired) electrons. The minimum absolute atomic E-state index is 0. The Labute approximate surface area is 93.1 Å². The first-order valence-electron chi connectivity index (χ1n) is 0. The van der Waals surface area contributed by atoms with Crippen molar-refractivity contribution in [3.05, 3.63) is 0 Å².